The maximum Gasteiger partial charge on any atom is 0.317 e. The molecule has 126 valence electrons. The van der Waals surface area contributed by atoms with Crippen LogP contribution in [0.15, 0.2) is 53.3 Å². The van der Waals surface area contributed by atoms with Crippen LogP contribution in [0.3, 0.4) is 0 Å². The van der Waals surface area contributed by atoms with Crippen molar-refractivity contribution in [1.29, 1.82) is 0 Å². The molecule has 1 saturated heterocycles. The molecule has 2 aromatic rings. The molecule has 1 unspecified atom stereocenters. The van der Waals surface area contributed by atoms with Crippen LogP contribution in [-0.2, 0) is 0 Å². The van der Waals surface area contributed by atoms with E-state index in [-0.39, 0.29) is 12.1 Å². The topological polar surface area (TPSA) is 48.5 Å². The molecule has 1 fully saturated rings. The van der Waals surface area contributed by atoms with E-state index in [2.05, 4.69) is 31.1 Å². The van der Waals surface area contributed by atoms with Crippen LogP contribution < -0.4 is 10.2 Å². The summed E-state index contributed by atoms with van der Waals surface area (Å²) in [5.74, 6) is 0. The molecule has 0 bridgehead atoms. The molecule has 1 atom stereocenters. The van der Waals surface area contributed by atoms with Crippen molar-refractivity contribution in [2.75, 3.05) is 31.1 Å². The van der Waals surface area contributed by atoms with E-state index >= 15 is 0 Å². The Morgan fingerprint density at radius 2 is 1.71 bits per heavy atom. The summed E-state index contributed by atoms with van der Waals surface area (Å²) < 4.78 is 1.04. The number of hydrogen-bond donors (Lipinski definition) is 1. The smallest absolute Gasteiger partial charge is 0.317 e. The molecular weight excluding hydrogens is 368 g/mol. The Morgan fingerprint density at radius 1 is 1.08 bits per heavy atom. The van der Waals surface area contributed by atoms with Crippen molar-refractivity contribution in [3.05, 3.63) is 58.8 Å². The van der Waals surface area contributed by atoms with Gasteiger partial charge in [-0.1, -0.05) is 28.1 Å². The van der Waals surface area contributed by atoms with E-state index in [9.17, 15) is 4.79 Å². The lowest BCUT2D eigenvalue weighted by Gasteiger charge is -2.36. The van der Waals surface area contributed by atoms with Gasteiger partial charge in [-0.05, 0) is 36.8 Å². The summed E-state index contributed by atoms with van der Waals surface area (Å²) >= 11 is 3.43. The number of pyridine rings is 1. The summed E-state index contributed by atoms with van der Waals surface area (Å²) in [5, 5.41) is 3.08. The fraction of sp³-hybridized carbons (Fsp3) is 0.333. The zero-order chi connectivity index (χ0) is 16.9. The number of anilines is 1. The maximum atomic E-state index is 12.5. The zero-order valence-corrected chi connectivity index (χ0v) is 15.2. The van der Waals surface area contributed by atoms with Crippen LogP contribution in [-0.4, -0.2) is 42.1 Å². The highest BCUT2D eigenvalue weighted by molar-refractivity contribution is 9.10. The number of carbonyl (C=O) groups excluding carboxylic acids is 1. The third-order valence-electron chi connectivity index (χ3n) is 4.30. The van der Waals surface area contributed by atoms with Gasteiger partial charge in [0.2, 0.25) is 0 Å². The number of aromatic nitrogens is 1. The van der Waals surface area contributed by atoms with Crippen LogP contribution in [0.4, 0.5) is 10.5 Å². The lowest BCUT2D eigenvalue weighted by Crippen LogP contribution is -2.52. The minimum atomic E-state index is -0.0103. The van der Waals surface area contributed by atoms with Gasteiger partial charge in [0.15, 0.2) is 0 Å². The minimum absolute atomic E-state index is 0.000188. The predicted molar refractivity (Wildman–Crippen MR) is 99.1 cm³/mol. The molecule has 0 spiro atoms. The molecule has 6 heteroatoms. The summed E-state index contributed by atoms with van der Waals surface area (Å²) in [7, 11) is 0. The van der Waals surface area contributed by atoms with Crippen LogP contribution in [0, 0.1) is 0 Å². The molecule has 0 radical (unpaired) electrons. The van der Waals surface area contributed by atoms with Gasteiger partial charge in [0, 0.05) is 48.7 Å². The summed E-state index contributed by atoms with van der Waals surface area (Å²) in [5.41, 5.74) is 2.26. The Hall–Kier alpha value is -2.08. The number of piperazine rings is 1. The monoisotopic (exact) mass is 388 g/mol. The summed E-state index contributed by atoms with van der Waals surface area (Å²) in [6.45, 7) is 5.13. The fourth-order valence-corrected chi connectivity index (χ4v) is 3.10. The second-order valence-electron chi connectivity index (χ2n) is 5.90. The predicted octanol–water partition coefficient (Wildman–Crippen LogP) is 3.44. The van der Waals surface area contributed by atoms with Crippen LogP contribution in [0.1, 0.15) is 18.5 Å². The van der Waals surface area contributed by atoms with Crippen molar-refractivity contribution in [1.82, 2.24) is 15.2 Å². The van der Waals surface area contributed by atoms with Crippen LogP contribution in [0.2, 0.25) is 0 Å². The molecule has 2 amide bonds. The number of carbonyl (C=O) groups is 1. The molecule has 0 saturated carbocycles. The van der Waals surface area contributed by atoms with E-state index < -0.39 is 0 Å². The summed E-state index contributed by atoms with van der Waals surface area (Å²) in [4.78, 5) is 20.7. The first kappa shape index (κ1) is 16.8. The maximum absolute atomic E-state index is 12.5. The molecule has 5 nitrogen and oxygen atoms in total. The van der Waals surface area contributed by atoms with E-state index in [4.69, 9.17) is 0 Å². The van der Waals surface area contributed by atoms with Gasteiger partial charge in [-0.15, -0.1) is 0 Å². The number of nitrogens with zero attached hydrogens (tertiary/aromatic N) is 3. The van der Waals surface area contributed by atoms with Gasteiger partial charge >= 0.3 is 6.03 Å². The largest absolute Gasteiger partial charge is 0.368 e. The van der Waals surface area contributed by atoms with E-state index in [0.29, 0.717) is 0 Å². The van der Waals surface area contributed by atoms with Crippen molar-refractivity contribution in [3.8, 4) is 0 Å². The molecule has 2 heterocycles. The van der Waals surface area contributed by atoms with Crippen molar-refractivity contribution in [2.24, 2.45) is 0 Å². The van der Waals surface area contributed by atoms with E-state index in [1.165, 1.54) is 0 Å². The van der Waals surface area contributed by atoms with Crippen LogP contribution >= 0.6 is 15.9 Å². The number of benzene rings is 1. The third kappa shape index (κ3) is 4.06. The highest BCUT2D eigenvalue weighted by Gasteiger charge is 2.22. The van der Waals surface area contributed by atoms with Gasteiger partial charge < -0.3 is 15.1 Å². The average Bonchev–Trinajstić information content (AvgIpc) is 2.63. The molecule has 3 rings (SSSR count). The van der Waals surface area contributed by atoms with Crippen molar-refractivity contribution in [3.63, 3.8) is 0 Å². The van der Waals surface area contributed by atoms with Crippen molar-refractivity contribution >= 4 is 27.6 Å². The summed E-state index contributed by atoms with van der Waals surface area (Å²) in [6, 6.07) is 12.0. The van der Waals surface area contributed by atoms with Gasteiger partial charge in [0.25, 0.3) is 0 Å². The highest BCUT2D eigenvalue weighted by Crippen LogP contribution is 2.18. The first-order valence-electron chi connectivity index (χ1n) is 8.09. The fourth-order valence-electron chi connectivity index (χ4n) is 2.83. The molecule has 1 aliphatic heterocycles. The second-order valence-corrected chi connectivity index (χ2v) is 6.82. The van der Waals surface area contributed by atoms with Gasteiger partial charge in [0.1, 0.15) is 0 Å². The molecule has 1 N–H and O–H groups in total. The molecular formula is C18H21BrN4O. The second kappa shape index (κ2) is 7.66. The Balaban J connectivity index is 1.52. The van der Waals surface area contributed by atoms with E-state index in [1.54, 1.807) is 12.4 Å². The number of rotatable bonds is 3. The number of urea groups is 1. The number of amides is 2. The Kier molecular flexibility index (Phi) is 5.35. The molecule has 1 aliphatic rings. The summed E-state index contributed by atoms with van der Waals surface area (Å²) in [6.07, 6.45) is 3.60. The minimum Gasteiger partial charge on any atom is -0.368 e. The van der Waals surface area contributed by atoms with Gasteiger partial charge in [-0.25, -0.2) is 4.79 Å². The molecule has 1 aromatic heterocycles. The van der Waals surface area contributed by atoms with Crippen molar-refractivity contribution in [2.45, 2.75) is 13.0 Å². The first-order chi connectivity index (χ1) is 11.6. The number of nitrogens with one attached hydrogen (secondary N) is 1. The zero-order valence-electron chi connectivity index (χ0n) is 13.7. The lowest BCUT2D eigenvalue weighted by molar-refractivity contribution is 0.191. The van der Waals surface area contributed by atoms with E-state index in [0.717, 1.165) is 41.9 Å². The quantitative estimate of drug-likeness (QED) is 0.875. The normalized spacial score (nSPS) is 15.9. The number of hydrogen-bond acceptors (Lipinski definition) is 3. The van der Waals surface area contributed by atoms with Gasteiger partial charge in [-0.2, -0.15) is 0 Å². The average molecular weight is 389 g/mol. The number of halogens is 1. The molecule has 24 heavy (non-hydrogen) atoms. The Morgan fingerprint density at radius 3 is 2.33 bits per heavy atom. The lowest BCUT2D eigenvalue weighted by atomic mass is 10.1. The first-order valence-corrected chi connectivity index (χ1v) is 8.88. The third-order valence-corrected chi connectivity index (χ3v) is 4.83. The Labute approximate surface area is 150 Å². The highest BCUT2D eigenvalue weighted by atomic mass is 79.9. The van der Waals surface area contributed by atoms with Gasteiger partial charge in [-0.3, -0.25) is 4.98 Å². The van der Waals surface area contributed by atoms with Gasteiger partial charge in [0.05, 0.1) is 6.04 Å². The van der Waals surface area contributed by atoms with E-state index in [1.807, 2.05) is 48.2 Å². The molecule has 1 aromatic carbocycles. The SMILES string of the molecule is CC(NC(=O)N1CCN(c2ccncc2)CC1)c1ccc(Br)cc1. The van der Waals surface area contributed by atoms with Crippen LogP contribution in [0.5, 0.6) is 0 Å². The standard InChI is InChI=1S/C18H21BrN4O/c1-14(15-2-4-16(19)5-3-15)21-18(24)23-12-10-22(11-13-23)17-6-8-20-9-7-17/h2-9,14H,10-13H2,1H3,(H,21,24). The Bertz CT molecular complexity index is 669. The van der Waals surface area contributed by atoms with Crippen LogP contribution in [0.25, 0.3) is 0 Å². The van der Waals surface area contributed by atoms with Crippen molar-refractivity contribution < 1.29 is 4.79 Å². The molecule has 0 aliphatic carbocycles.